The van der Waals surface area contributed by atoms with Gasteiger partial charge >= 0.3 is 6.09 Å². The Morgan fingerprint density at radius 2 is 2.17 bits per heavy atom. The second-order valence-corrected chi connectivity index (χ2v) is 6.04. The van der Waals surface area contributed by atoms with Crippen molar-refractivity contribution in [1.82, 2.24) is 0 Å². The molecule has 1 aromatic rings. The average Bonchev–Trinajstić information content (AvgIpc) is 3.01. The zero-order valence-electron chi connectivity index (χ0n) is 10.6. The molecule has 5 heteroatoms. The molecular weight excluding hydrogens is 298 g/mol. The van der Waals surface area contributed by atoms with Crippen molar-refractivity contribution >= 4 is 27.7 Å². The van der Waals surface area contributed by atoms with E-state index in [1.165, 1.54) is 0 Å². The molecule has 1 aliphatic heterocycles. The summed E-state index contributed by atoms with van der Waals surface area (Å²) < 4.78 is 11.2. The summed E-state index contributed by atoms with van der Waals surface area (Å²) in [5.41, 5.74) is 1.25. The molecule has 1 heterocycles. The van der Waals surface area contributed by atoms with Crippen molar-refractivity contribution in [3.8, 4) is 0 Å². The van der Waals surface area contributed by atoms with E-state index in [0.29, 0.717) is 5.69 Å². The number of anilines is 1. The summed E-state index contributed by atoms with van der Waals surface area (Å²) in [6.45, 7) is 6.23. The zero-order chi connectivity index (χ0) is 13.3. The van der Waals surface area contributed by atoms with Gasteiger partial charge in [0, 0.05) is 4.47 Å². The van der Waals surface area contributed by atoms with Gasteiger partial charge in [0.1, 0.15) is 11.7 Å². The molecule has 1 amide bonds. The summed E-state index contributed by atoms with van der Waals surface area (Å²) in [6, 6.07) is 5.76. The molecule has 0 spiro atoms. The number of hydrogen-bond donors (Lipinski definition) is 1. The summed E-state index contributed by atoms with van der Waals surface area (Å²) in [5.74, 6) is 0. The molecule has 18 heavy (non-hydrogen) atoms. The molecule has 0 aromatic heterocycles. The number of ether oxygens (including phenoxy) is 2. The standard InChI is InChI=1S/C13H16BrNO3/c1-13(2,3)18-12(16)15-10-6-8(11-7-17-11)4-5-9(10)14/h4-6,11H,7H2,1-3H3,(H,15,16)/t11-/m1/s1. The maximum atomic E-state index is 11.7. The van der Waals surface area contributed by atoms with Crippen LogP contribution in [0.4, 0.5) is 10.5 Å². The van der Waals surface area contributed by atoms with Gasteiger partial charge in [-0.1, -0.05) is 6.07 Å². The summed E-state index contributed by atoms with van der Waals surface area (Å²) in [6.07, 6.45) is -0.297. The predicted octanol–water partition coefficient (Wildman–Crippen LogP) is 3.87. The Bertz CT molecular complexity index is 464. The molecule has 1 N–H and O–H groups in total. The quantitative estimate of drug-likeness (QED) is 0.843. The lowest BCUT2D eigenvalue weighted by Crippen LogP contribution is -2.27. The SMILES string of the molecule is CC(C)(C)OC(=O)Nc1cc([C@H]2CO2)ccc1Br. The number of carbonyl (C=O) groups excluding carboxylic acids is 1. The van der Waals surface area contributed by atoms with Gasteiger partial charge in [-0.15, -0.1) is 0 Å². The molecule has 0 unspecified atom stereocenters. The van der Waals surface area contributed by atoms with E-state index in [4.69, 9.17) is 9.47 Å². The number of carbonyl (C=O) groups is 1. The molecule has 1 atom stereocenters. The first-order valence-electron chi connectivity index (χ1n) is 5.76. The highest BCUT2D eigenvalue weighted by molar-refractivity contribution is 9.10. The first-order valence-corrected chi connectivity index (χ1v) is 6.55. The normalized spacial score (nSPS) is 18.3. The summed E-state index contributed by atoms with van der Waals surface area (Å²) in [4.78, 5) is 11.7. The van der Waals surface area contributed by atoms with E-state index in [1.54, 1.807) is 0 Å². The van der Waals surface area contributed by atoms with Gasteiger partial charge in [-0.05, 0) is 54.4 Å². The van der Waals surface area contributed by atoms with Crippen LogP contribution in [0.3, 0.4) is 0 Å². The highest BCUT2D eigenvalue weighted by Gasteiger charge is 2.25. The van der Waals surface area contributed by atoms with Crippen molar-refractivity contribution in [2.45, 2.75) is 32.5 Å². The first kappa shape index (κ1) is 13.4. The second kappa shape index (κ2) is 4.90. The Morgan fingerprint density at radius 1 is 1.50 bits per heavy atom. The molecule has 1 fully saturated rings. The Balaban J connectivity index is 2.08. The number of rotatable bonds is 2. The van der Waals surface area contributed by atoms with Gasteiger partial charge < -0.3 is 9.47 Å². The van der Waals surface area contributed by atoms with Crippen LogP contribution >= 0.6 is 15.9 Å². The first-order chi connectivity index (χ1) is 8.35. The summed E-state index contributed by atoms with van der Waals surface area (Å²) in [7, 11) is 0. The van der Waals surface area contributed by atoms with Crippen LogP contribution in [-0.4, -0.2) is 18.3 Å². The Labute approximate surface area is 115 Å². The van der Waals surface area contributed by atoms with Crippen LogP contribution in [0, 0.1) is 0 Å². The van der Waals surface area contributed by atoms with Crippen LogP contribution in [0.2, 0.25) is 0 Å². The maximum absolute atomic E-state index is 11.7. The van der Waals surface area contributed by atoms with Crippen LogP contribution in [0.15, 0.2) is 22.7 Å². The summed E-state index contributed by atoms with van der Waals surface area (Å²) in [5, 5.41) is 2.73. The monoisotopic (exact) mass is 313 g/mol. The van der Waals surface area contributed by atoms with Crippen molar-refractivity contribution in [2.24, 2.45) is 0 Å². The minimum atomic E-state index is -0.506. The second-order valence-electron chi connectivity index (χ2n) is 5.19. The number of nitrogens with one attached hydrogen (secondary N) is 1. The van der Waals surface area contributed by atoms with Crippen molar-refractivity contribution in [1.29, 1.82) is 0 Å². The summed E-state index contributed by atoms with van der Waals surface area (Å²) >= 11 is 3.40. The van der Waals surface area contributed by atoms with Crippen molar-refractivity contribution in [2.75, 3.05) is 11.9 Å². The molecule has 1 saturated heterocycles. The van der Waals surface area contributed by atoms with Gasteiger partial charge in [0.2, 0.25) is 0 Å². The third-order valence-electron chi connectivity index (χ3n) is 2.33. The Kier molecular flexibility index (Phi) is 3.64. The largest absolute Gasteiger partial charge is 0.444 e. The van der Waals surface area contributed by atoms with E-state index in [-0.39, 0.29) is 6.10 Å². The molecule has 4 nitrogen and oxygen atoms in total. The molecule has 98 valence electrons. The van der Waals surface area contributed by atoms with Crippen LogP contribution in [0.25, 0.3) is 0 Å². The fraction of sp³-hybridized carbons (Fsp3) is 0.462. The van der Waals surface area contributed by atoms with E-state index in [1.807, 2.05) is 39.0 Å². The highest BCUT2D eigenvalue weighted by atomic mass is 79.9. The molecular formula is C13H16BrNO3. The molecule has 1 aliphatic rings. The van der Waals surface area contributed by atoms with E-state index in [2.05, 4.69) is 21.2 Å². The molecule has 2 rings (SSSR count). The highest BCUT2D eigenvalue weighted by Crippen LogP contribution is 2.34. The Hall–Kier alpha value is -1.07. The molecule has 0 aliphatic carbocycles. The van der Waals surface area contributed by atoms with Crippen molar-refractivity contribution < 1.29 is 14.3 Å². The number of halogens is 1. The van der Waals surface area contributed by atoms with E-state index >= 15 is 0 Å². The zero-order valence-corrected chi connectivity index (χ0v) is 12.2. The maximum Gasteiger partial charge on any atom is 0.412 e. The third kappa shape index (κ3) is 3.71. The third-order valence-corrected chi connectivity index (χ3v) is 3.02. The lowest BCUT2D eigenvalue weighted by molar-refractivity contribution is 0.0636. The molecule has 0 saturated carbocycles. The minimum Gasteiger partial charge on any atom is -0.444 e. The minimum absolute atomic E-state index is 0.164. The molecule has 1 aromatic carbocycles. The van der Waals surface area contributed by atoms with Crippen LogP contribution in [0.5, 0.6) is 0 Å². The van der Waals surface area contributed by atoms with E-state index in [9.17, 15) is 4.79 Å². The topological polar surface area (TPSA) is 50.9 Å². The van der Waals surface area contributed by atoms with Crippen LogP contribution < -0.4 is 5.32 Å². The van der Waals surface area contributed by atoms with Gasteiger partial charge in [-0.3, -0.25) is 5.32 Å². The lowest BCUT2D eigenvalue weighted by atomic mass is 10.1. The number of amides is 1. The smallest absolute Gasteiger partial charge is 0.412 e. The number of hydrogen-bond acceptors (Lipinski definition) is 3. The number of benzene rings is 1. The fourth-order valence-corrected chi connectivity index (χ4v) is 1.84. The van der Waals surface area contributed by atoms with Crippen LogP contribution in [0.1, 0.15) is 32.4 Å². The van der Waals surface area contributed by atoms with E-state index in [0.717, 1.165) is 16.6 Å². The van der Waals surface area contributed by atoms with Gasteiger partial charge in [0.25, 0.3) is 0 Å². The van der Waals surface area contributed by atoms with Gasteiger partial charge in [-0.2, -0.15) is 0 Å². The van der Waals surface area contributed by atoms with Gasteiger partial charge in [-0.25, -0.2) is 4.79 Å². The Morgan fingerprint density at radius 3 is 2.72 bits per heavy atom. The lowest BCUT2D eigenvalue weighted by Gasteiger charge is -2.20. The van der Waals surface area contributed by atoms with Crippen molar-refractivity contribution in [3.05, 3.63) is 28.2 Å². The van der Waals surface area contributed by atoms with Gasteiger partial charge in [0.15, 0.2) is 0 Å². The number of epoxide rings is 1. The van der Waals surface area contributed by atoms with E-state index < -0.39 is 11.7 Å². The fourth-order valence-electron chi connectivity index (χ4n) is 1.49. The molecule has 0 bridgehead atoms. The average molecular weight is 314 g/mol. The molecule has 0 radical (unpaired) electrons. The van der Waals surface area contributed by atoms with Crippen LogP contribution in [-0.2, 0) is 9.47 Å². The predicted molar refractivity (Wildman–Crippen MR) is 72.7 cm³/mol. The van der Waals surface area contributed by atoms with Crippen molar-refractivity contribution in [3.63, 3.8) is 0 Å². The van der Waals surface area contributed by atoms with Gasteiger partial charge in [0.05, 0.1) is 12.3 Å².